The molecule has 0 fully saturated rings. The van der Waals surface area contributed by atoms with Gasteiger partial charge in [0.05, 0.1) is 17.6 Å². The first-order valence-electron chi connectivity index (χ1n) is 7.09. The number of aromatic nitrogens is 2. The molecule has 1 N–H and O–H groups in total. The molecule has 1 aromatic heterocycles. The van der Waals surface area contributed by atoms with Gasteiger partial charge in [-0.25, -0.2) is 9.37 Å². The molecule has 114 valence electrons. The fraction of sp³-hybridized carbons (Fsp3) is 0.0556. The van der Waals surface area contributed by atoms with E-state index < -0.39 is 0 Å². The van der Waals surface area contributed by atoms with E-state index in [9.17, 15) is 9.18 Å². The lowest BCUT2D eigenvalue weighted by atomic mass is 10.1. The predicted molar refractivity (Wildman–Crippen MR) is 86.6 cm³/mol. The Morgan fingerprint density at radius 1 is 1.04 bits per heavy atom. The van der Waals surface area contributed by atoms with Gasteiger partial charge >= 0.3 is 0 Å². The summed E-state index contributed by atoms with van der Waals surface area (Å²) in [6.45, 7) is 1.72. The third kappa shape index (κ3) is 3.40. The summed E-state index contributed by atoms with van der Waals surface area (Å²) in [6.07, 6.45) is 1.57. The molecular formula is C18H14FN3O. The van der Waals surface area contributed by atoms with Crippen LogP contribution in [0.3, 0.4) is 0 Å². The maximum atomic E-state index is 13.0. The highest BCUT2D eigenvalue weighted by Crippen LogP contribution is 2.18. The number of carbonyl (C=O) groups excluding carboxylic acids is 1. The summed E-state index contributed by atoms with van der Waals surface area (Å²) in [5.74, 6) is -0.652. The van der Waals surface area contributed by atoms with Crippen molar-refractivity contribution in [3.8, 4) is 11.3 Å². The van der Waals surface area contributed by atoms with E-state index in [1.165, 1.54) is 12.1 Å². The van der Waals surface area contributed by atoms with Crippen LogP contribution in [0.4, 0.5) is 10.1 Å². The number of hydrogen-bond acceptors (Lipinski definition) is 3. The van der Waals surface area contributed by atoms with Gasteiger partial charge in [-0.05, 0) is 43.3 Å². The molecule has 1 heterocycles. The second kappa shape index (κ2) is 6.36. The highest BCUT2D eigenvalue weighted by molar-refractivity contribution is 6.03. The normalized spacial score (nSPS) is 10.3. The first-order valence-corrected chi connectivity index (χ1v) is 7.09. The number of benzene rings is 2. The molecule has 3 rings (SSSR count). The Hall–Kier alpha value is -3.08. The van der Waals surface area contributed by atoms with E-state index in [0.29, 0.717) is 22.6 Å². The second-order valence-electron chi connectivity index (χ2n) is 5.02. The topological polar surface area (TPSA) is 54.9 Å². The van der Waals surface area contributed by atoms with Crippen molar-refractivity contribution in [3.63, 3.8) is 0 Å². The van der Waals surface area contributed by atoms with Gasteiger partial charge in [0.2, 0.25) is 0 Å². The van der Waals surface area contributed by atoms with Crippen LogP contribution in [0, 0.1) is 12.7 Å². The minimum atomic E-state index is -0.329. The smallest absolute Gasteiger partial charge is 0.276 e. The lowest BCUT2D eigenvalue weighted by molar-refractivity contribution is 0.102. The summed E-state index contributed by atoms with van der Waals surface area (Å²) in [7, 11) is 0. The molecule has 0 saturated heterocycles. The summed E-state index contributed by atoms with van der Waals surface area (Å²) in [5.41, 5.74) is 2.69. The van der Waals surface area contributed by atoms with Crippen molar-refractivity contribution in [2.45, 2.75) is 6.92 Å². The number of rotatable bonds is 3. The third-order valence-electron chi connectivity index (χ3n) is 3.34. The number of nitrogens with one attached hydrogen (secondary N) is 1. The minimum Gasteiger partial charge on any atom is -0.321 e. The van der Waals surface area contributed by atoms with Crippen LogP contribution in [0.2, 0.25) is 0 Å². The van der Waals surface area contributed by atoms with Crippen LogP contribution in [-0.2, 0) is 0 Å². The fourth-order valence-corrected chi connectivity index (χ4v) is 2.14. The van der Waals surface area contributed by atoms with E-state index in [1.807, 2.05) is 18.2 Å². The highest BCUT2D eigenvalue weighted by atomic mass is 19.1. The Kier molecular flexibility index (Phi) is 4.10. The average Bonchev–Trinajstić information content (AvgIpc) is 2.57. The molecule has 23 heavy (non-hydrogen) atoms. The minimum absolute atomic E-state index is 0.246. The third-order valence-corrected chi connectivity index (χ3v) is 3.34. The van der Waals surface area contributed by atoms with E-state index in [1.54, 1.807) is 37.4 Å². The number of aryl methyl sites for hydroxylation is 1. The molecule has 0 spiro atoms. The number of para-hydroxylation sites is 1. The molecule has 0 aliphatic carbocycles. The van der Waals surface area contributed by atoms with Crippen LogP contribution in [0.1, 0.15) is 16.2 Å². The Morgan fingerprint density at radius 2 is 1.74 bits per heavy atom. The van der Waals surface area contributed by atoms with Gasteiger partial charge in [-0.3, -0.25) is 9.78 Å². The Labute approximate surface area is 133 Å². The molecule has 1 amide bonds. The number of hydrogen-bond donors (Lipinski definition) is 1. The SMILES string of the molecule is Cc1ncc(-c2ccc(F)cc2)nc1C(=O)Nc1ccccc1. The van der Waals surface area contributed by atoms with Crippen LogP contribution in [0.5, 0.6) is 0 Å². The molecule has 0 atom stereocenters. The monoisotopic (exact) mass is 307 g/mol. The number of amides is 1. The van der Waals surface area contributed by atoms with Crippen molar-refractivity contribution >= 4 is 11.6 Å². The maximum absolute atomic E-state index is 13.0. The zero-order chi connectivity index (χ0) is 16.2. The summed E-state index contributed by atoms with van der Waals surface area (Å²) in [4.78, 5) is 21.0. The summed E-state index contributed by atoms with van der Waals surface area (Å²) in [6, 6.07) is 15.0. The molecule has 5 heteroatoms. The average molecular weight is 307 g/mol. The zero-order valence-electron chi connectivity index (χ0n) is 12.5. The largest absolute Gasteiger partial charge is 0.321 e. The van der Waals surface area contributed by atoms with Crippen molar-refractivity contribution in [1.82, 2.24) is 9.97 Å². The highest BCUT2D eigenvalue weighted by Gasteiger charge is 2.14. The molecular weight excluding hydrogens is 293 g/mol. The van der Waals surface area contributed by atoms with Crippen molar-refractivity contribution < 1.29 is 9.18 Å². The van der Waals surface area contributed by atoms with Gasteiger partial charge in [0.1, 0.15) is 11.5 Å². The van der Waals surface area contributed by atoms with Crippen LogP contribution < -0.4 is 5.32 Å². The lowest BCUT2D eigenvalue weighted by Gasteiger charge is -2.08. The van der Waals surface area contributed by atoms with Gasteiger partial charge in [0, 0.05) is 11.3 Å². The second-order valence-corrected chi connectivity index (χ2v) is 5.02. The summed E-state index contributed by atoms with van der Waals surface area (Å²) in [5, 5.41) is 2.79. The first kappa shape index (κ1) is 14.8. The number of nitrogens with zero attached hydrogens (tertiary/aromatic N) is 2. The number of halogens is 1. The van der Waals surface area contributed by atoms with Crippen molar-refractivity contribution in [2.75, 3.05) is 5.32 Å². The summed E-state index contributed by atoms with van der Waals surface area (Å²) < 4.78 is 13.0. The number of anilines is 1. The maximum Gasteiger partial charge on any atom is 0.276 e. The zero-order valence-corrected chi connectivity index (χ0v) is 12.5. The van der Waals surface area contributed by atoms with E-state index in [-0.39, 0.29) is 17.4 Å². The van der Waals surface area contributed by atoms with Crippen molar-refractivity contribution in [1.29, 1.82) is 0 Å². The van der Waals surface area contributed by atoms with Gasteiger partial charge < -0.3 is 5.32 Å². The van der Waals surface area contributed by atoms with Gasteiger partial charge in [-0.15, -0.1) is 0 Å². The standard InChI is InChI=1S/C18H14FN3O/c1-12-17(18(23)21-15-5-3-2-4-6-15)22-16(11-20-12)13-7-9-14(19)10-8-13/h2-11H,1H3,(H,21,23). The Morgan fingerprint density at radius 3 is 2.43 bits per heavy atom. The van der Waals surface area contributed by atoms with Crippen LogP contribution in [0.25, 0.3) is 11.3 Å². The van der Waals surface area contributed by atoms with E-state index >= 15 is 0 Å². The van der Waals surface area contributed by atoms with Gasteiger partial charge in [0.25, 0.3) is 5.91 Å². The molecule has 0 aliphatic heterocycles. The molecule has 3 aromatic rings. The van der Waals surface area contributed by atoms with Gasteiger partial charge in [0.15, 0.2) is 0 Å². The quantitative estimate of drug-likeness (QED) is 0.799. The van der Waals surface area contributed by atoms with E-state index in [2.05, 4.69) is 15.3 Å². The first-order chi connectivity index (χ1) is 11.1. The summed E-state index contributed by atoms with van der Waals surface area (Å²) >= 11 is 0. The molecule has 0 radical (unpaired) electrons. The van der Waals surface area contributed by atoms with Gasteiger partial charge in [-0.2, -0.15) is 0 Å². The Balaban J connectivity index is 1.91. The van der Waals surface area contributed by atoms with Crippen LogP contribution in [0.15, 0.2) is 60.8 Å². The predicted octanol–water partition coefficient (Wildman–Crippen LogP) is 3.84. The van der Waals surface area contributed by atoms with Crippen molar-refractivity contribution in [2.24, 2.45) is 0 Å². The van der Waals surface area contributed by atoms with Crippen LogP contribution in [-0.4, -0.2) is 15.9 Å². The molecule has 0 bridgehead atoms. The molecule has 0 aliphatic rings. The lowest BCUT2D eigenvalue weighted by Crippen LogP contribution is -2.16. The Bertz CT molecular complexity index is 833. The van der Waals surface area contributed by atoms with Gasteiger partial charge in [-0.1, -0.05) is 18.2 Å². The molecule has 2 aromatic carbocycles. The van der Waals surface area contributed by atoms with Crippen molar-refractivity contribution in [3.05, 3.63) is 78.0 Å². The molecule has 4 nitrogen and oxygen atoms in total. The van der Waals surface area contributed by atoms with Crippen LogP contribution >= 0.6 is 0 Å². The number of carbonyl (C=O) groups is 1. The van der Waals surface area contributed by atoms with E-state index in [0.717, 1.165) is 0 Å². The fourth-order valence-electron chi connectivity index (χ4n) is 2.14. The molecule has 0 saturated carbocycles. The van der Waals surface area contributed by atoms with E-state index in [4.69, 9.17) is 0 Å². The molecule has 0 unspecified atom stereocenters.